The highest BCUT2D eigenvalue weighted by molar-refractivity contribution is 9.10. The highest BCUT2D eigenvalue weighted by atomic mass is 79.9. The molecule has 0 aliphatic rings. The van der Waals surface area contributed by atoms with Gasteiger partial charge in [0, 0.05) is 16.6 Å². The fraction of sp³-hybridized carbons (Fsp3) is 0.105. The van der Waals surface area contributed by atoms with Crippen molar-refractivity contribution in [3.63, 3.8) is 0 Å². The van der Waals surface area contributed by atoms with E-state index in [-0.39, 0.29) is 12.5 Å². The number of hydrogen-bond acceptors (Lipinski definition) is 3. The van der Waals surface area contributed by atoms with Crippen molar-refractivity contribution in [3.05, 3.63) is 81.0 Å². The maximum absolute atomic E-state index is 12.1. The number of halogens is 1. The highest BCUT2D eigenvalue weighted by Gasteiger charge is 2.11. The average Bonchev–Trinajstić information content (AvgIpc) is 3.14. The third-order valence-electron chi connectivity index (χ3n) is 3.69. The molecule has 3 nitrogen and oxygen atoms in total. The second-order valence-corrected chi connectivity index (χ2v) is 7.07. The summed E-state index contributed by atoms with van der Waals surface area (Å²) < 4.78 is 0.847. The van der Waals surface area contributed by atoms with Gasteiger partial charge in [0.1, 0.15) is 0 Å². The molecular formula is C19H16BrNO2S. The van der Waals surface area contributed by atoms with Crippen molar-refractivity contribution in [3.8, 4) is 11.1 Å². The summed E-state index contributed by atoms with van der Waals surface area (Å²) in [4.78, 5) is 12.1. The van der Waals surface area contributed by atoms with E-state index in [9.17, 15) is 9.90 Å². The van der Waals surface area contributed by atoms with E-state index in [2.05, 4.69) is 32.7 Å². The molecule has 0 radical (unpaired) electrons. The fourth-order valence-corrected chi connectivity index (χ4v) is 3.43. The van der Waals surface area contributed by atoms with Crippen LogP contribution in [0.2, 0.25) is 0 Å². The standard InChI is InChI=1S/C19H16BrNO2S/c20-17-3-1-2-15(10-17)19(23)21-11-18(22)14-6-4-13(5-7-14)16-8-9-24-12-16/h1-10,12,18,22H,11H2,(H,21,23). The Morgan fingerprint density at radius 1 is 1.12 bits per heavy atom. The van der Waals surface area contributed by atoms with Crippen molar-refractivity contribution in [2.75, 3.05) is 6.54 Å². The first kappa shape index (κ1) is 16.9. The van der Waals surface area contributed by atoms with Crippen LogP contribution in [0.15, 0.2) is 69.8 Å². The molecule has 1 amide bonds. The molecule has 1 heterocycles. The minimum absolute atomic E-state index is 0.170. The van der Waals surface area contributed by atoms with Crippen LogP contribution < -0.4 is 5.32 Å². The molecule has 0 fully saturated rings. The molecular weight excluding hydrogens is 386 g/mol. The van der Waals surface area contributed by atoms with Gasteiger partial charge in [0.2, 0.25) is 0 Å². The Hall–Kier alpha value is -1.95. The first-order valence-electron chi connectivity index (χ1n) is 7.48. The zero-order chi connectivity index (χ0) is 16.9. The number of aliphatic hydroxyl groups is 1. The molecule has 0 bridgehead atoms. The number of rotatable bonds is 5. The Bertz CT molecular complexity index is 816. The van der Waals surface area contributed by atoms with Crippen molar-refractivity contribution < 1.29 is 9.90 Å². The predicted molar refractivity (Wildman–Crippen MR) is 101 cm³/mol. The number of thiophene rings is 1. The van der Waals surface area contributed by atoms with E-state index in [1.165, 1.54) is 5.56 Å². The summed E-state index contributed by atoms with van der Waals surface area (Å²) in [6, 6.07) is 17.0. The van der Waals surface area contributed by atoms with Crippen LogP contribution in [0.1, 0.15) is 22.0 Å². The first-order chi connectivity index (χ1) is 11.6. The highest BCUT2D eigenvalue weighted by Crippen LogP contribution is 2.24. The minimum atomic E-state index is -0.738. The van der Waals surface area contributed by atoms with E-state index in [1.807, 2.05) is 35.7 Å². The third kappa shape index (κ3) is 4.12. The Kier molecular flexibility index (Phi) is 5.45. The van der Waals surface area contributed by atoms with Gasteiger partial charge in [0.15, 0.2) is 0 Å². The Morgan fingerprint density at radius 2 is 1.92 bits per heavy atom. The molecule has 1 unspecified atom stereocenters. The maximum Gasteiger partial charge on any atom is 0.251 e. The van der Waals surface area contributed by atoms with Crippen LogP contribution in [0.5, 0.6) is 0 Å². The normalized spacial score (nSPS) is 11.9. The third-order valence-corrected chi connectivity index (χ3v) is 4.87. The number of carbonyl (C=O) groups excluding carboxylic acids is 1. The fourth-order valence-electron chi connectivity index (χ4n) is 2.37. The summed E-state index contributed by atoms with van der Waals surface area (Å²) in [5.74, 6) is -0.203. The molecule has 1 aromatic heterocycles. The van der Waals surface area contributed by atoms with Gasteiger partial charge in [-0.05, 0) is 51.7 Å². The van der Waals surface area contributed by atoms with Crippen LogP contribution in [0.4, 0.5) is 0 Å². The number of aliphatic hydroxyl groups excluding tert-OH is 1. The van der Waals surface area contributed by atoms with Gasteiger partial charge in [-0.3, -0.25) is 4.79 Å². The average molecular weight is 402 g/mol. The van der Waals surface area contributed by atoms with Crippen molar-refractivity contribution >= 4 is 33.2 Å². The van der Waals surface area contributed by atoms with Gasteiger partial charge in [0.25, 0.3) is 5.91 Å². The van der Waals surface area contributed by atoms with Gasteiger partial charge in [0.05, 0.1) is 6.10 Å². The molecule has 122 valence electrons. The van der Waals surface area contributed by atoms with Crippen molar-refractivity contribution in [1.82, 2.24) is 5.32 Å². The zero-order valence-corrected chi connectivity index (χ0v) is 15.2. The second-order valence-electron chi connectivity index (χ2n) is 5.37. The Labute approximate surface area is 153 Å². The van der Waals surface area contributed by atoms with E-state index >= 15 is 0 Å². The number of nitrogens with one attached hydrogen (secondary N) is 1. The summed E-state index contributed by atoms with van der Waals surface area (Å²) in [5.41, 5.74) is 3.63. The Balaban J connectivity index is 1.60. The number of amides is 1. The van der Waals surface area contributed by atoms with Crippen LogP contribution in [-0.4, -0.2) is 17.6 Å². The first-order valence-corrected chi connectivity index (χ1v) is 9.21. The van der Waals surface area contributed by atoms with Crippen molar-refractivity contribution in [2.24, 2.45) is 0 Å². The van der Waals surface area contributed by atoms with Gasteiger partial charge in [-0.15, -0.1) is 0 Å². The van der Waals surface area contributed by atoms with Crippen molar-refractivity contribution in [1.29, 1.82) is 0 Å². The van der Waals surface area contributed by atoms with Gasteiger partial charge in [-0.1, -0.05) is 46.3 Å². The largest absolute Gasteiger partial charge is 0.387 e. The van der Waals surface area contributed by atoms with Crippen LogP contribution in [-0.2, 0) is 0 Å². The van der Waals surface area contributed by atoms with Gasteiger partial charge in [-0.2, -0.15) is 11.3 Å². The lowest BCUT2D eigenvalue weighted by Crippen LogP contribution is -2.28. The zero-order valence-electron chi connectivity index (χ0n) is 12.8. The molecule has 5 heteroatoms. The molecule has 3 rings (SSSR count). The van der Waals surface area contributed by atoms with E-state index in [0.29, 0.717) is 5.56 Å². The van der Waals surface area contributed by atoms with E-state index < -0.39 is 6.10 Å². The molecule has 2 N–H and O–H groups in total. The van der Waals surface area contributed by atoms with Crippen LogP contribution in [0.25, 0.3) is 11.1 Å². The van der Waals surface area contributed by atoms with Crippen LogP contribution in [0, 0.1) is 0 Å². The molecule has 0 saturated carbocycles. The monoisotopic (exact) mass is 401 g/mol. The lowest BCUT2D eigenvalue weighted by atomic mass is 10.0. The summed E-state index contributed by atoms with van der Waals surface area (Å²) in [6.45, 7) is 0.170. The molecule has 1 atom stereocenters. The van der Waals surface area contributed by atoms with E-state index in [0.717, 1.165) is 15.6 Å². The van der Waals surface area contributed by atoms with E-state index in [1.54, 1.807) is 29.5 Å². The molecule has 2 aromatic carbocycles. The smallest absolute Gasteiger partial charge is 0.251 e. The molecule has 0 spiro atoms. The minimum Gasteiger partial charge on any atom is -0.387 e. The molecule has 0 aliphatic carbocycles. The molecule has 0 aliphatic heterocycles. The van der Waals surface area contributed by atoms with Crippen molar-refractivity contribution in [2.45, 2.75) is 6.10 Å². The van der Waals surface area contributed by atoms with Gasteiger partial charge in [-0.25, -0.2) is 0 Å². The summed E-state index contributed by atoms with van der Waals surface area (Å²) in [7, 11) is 0. The summed E-state index contributed by atoms with van der Waals surface area (Å²) in [6.07, 6.45) is -0.738. The summed E-state index contributed by atoms with van der Waals surface area (Å²) in [5, 5.41) is 17.2. The molecule has 3 aromatic rings. The number of hydrogen-bond donors (Lipinski definition) is 2. The second kappa shape index (κ2) is 7.75. The quantitative estimate of drug-likeness (QED) is 0.653. The molecule has 24 heavy (non-hydrogen) atoms. The van der Waals surface area contributed by atoms with Gasteiger partial charge < -0.3 is 10.4 Å². The lowest BCUT2D eigenvalue weighted by Gasteiger charge is -2.13. The predicted octanol–water partition coefficient (Wildman–Crippen LogP) is 4.64. The Morgan fingerprint density at radius 3 is 2.58 bits per heavy atom. The van der Waals surface area contributed by atoms with Gasteiger partial charge >= 0.3 is 0 Å². The maximum atomic E-state index is 12.1. The number of benzene rings is 2. The summed E-state index contributed by atoms with van der Waals surface area (Å²) >= 11 is 5.00. The SMILES string of the molecule is O=C(NCC(O)c1ccc(-c2ccsc2)cc1)c1cccc(Br)c1. The van der Waals surface area contributed by atoms with Crippen LogP contribution in [0.3, 0.4) is 0 Å². The topological polar surface area (TPSA) is 49.3 Å². The van der Waals surface area contributed by atoms with E-state index in [4.69, 9.17) is 0 Å². The number of carbonyl (C=O) groups is 1. The molecule has 0 saturated heterocycles. The van der Waals surface area contributed by atoms with Crippen LogP contribution >= 0.6 is 27.3 Å². The lowest BCUT2D eigenvalue weighted by molar-refractivity contribution is 0.0916.